The van der Waals surface area contributed by atoms with Gasteiger partial charge in [-0.1, -0.05) is 23.9 Å². The number of nitrogens with zero attached hydrogens (tertiary/aromatic N) is 2. The lowest BCUT2D eigenvalue weighted by molar-refractivity contribution is -0.126. The lowest BCUT2D eigenvalue weighted by Crippen LogP contribution is -2.37. The van der Waals surface area contributed by atoms with Gasteiger partial charge in [0.25, 0.3) is 5.91 Å². The van der Waals surface area contributed by atoms with Crippen LogP contribution in [0.3, 0.4) is 0 Å². The van der Waals surface area contributed by atoms with Gasteiger partial charge in [0.05, 0.1) is 17.5 Å². The Morgan fingerprint density at radius 1 is 1.31 bits per heavy atom. The summed E-state index contributed by atoms with van der Waals surface area (Å²) in [6.45, 7) is 0.957. The Bertz CT molecular complexity index is 835. The van der Waals surface area contributed by atoms with E-state index in [-0.39, 0.29) is 34.5 Å². The number of rotatable bonds is 3. The number of amides is 1. The van der Waals surface area contributed by atoms with Gasteiger partial charge in [-0.05, 0) is 30.5 Å². The summed E-state index contributed by atoms with van der Waals surface area (Å²) in [6, 6.07) is 5.85. The molecule has 0 bridgehead atoms. The molecule has 0 aromatic heterocycles. The zero-order valence-electron chi connectivity index (χ0n) is 14.0. The summed E-state index contributed by atoms with van der Waals surface area (Å²) in [5.74, 6) is -0.487. The molecule has 3 atom stereocenters. The Labute approximate surface area is 155 Å². The van der Waals surface area contributed by atoms with E-state index >= 15 is 0 Å². The van der Waals surface area contributed by atoms with Crippen LogP contribution in [0.15, 0.2) is 29.3 Å². The number of sulfone groups is 1. The van der Waals surface area contributed by atoms with Gasteiger partial charge in [0.15, 0.2) is 15.0 Å². The van der Waals surface area contributed by atoms with E-state index in [0.717, 1.165) is 12.0 Å². The van der Waals surface area contributed by atoms with E-state index in [1.165, 1.54) is 23.9 Å². The lowest BCUT2D eigenvalue weighted by atomic mass is 10.1. The third-order valence-electron chi connectivity index (χ3n) is 4.85. The summed E-state index contributed by atoms with van der Waals surface area (Å²) >= 11 is 1.35. The van der Waals surface area contributed by atoms with Crippen molar-refractivity contribution in [2.45, 2.75) is 36.8 Å². The minimum absolute atomic E-state index is 0.0546. The Hall–Kier alpha value is -1.45. The summed E-state index contributed by atoms with van der Waals surface area (Å²) in [6.07, 6.45) is 1.01. The van der Waals surface area contributed by atoms with Gasteiger partial charge in [-0.2, -0.15) is 4.99 Å². The highest BCUT2D eigenvalue weighted by atomic mass is 32.2. The average Bonchev–Trinajstić information content (AvgIpc) is 3.27. The van der Waals surface area contributed by atoms with E-state index in [1.807, 2.05) is 4.90 Å². The molecular weight excluding hydrogens is 379 g/mol. The first-order chi connectivity index (χ1) is 12.4. The number of carbonyl (C=O) groups is 1. The van der Waals surface area contributed by atoms with Gasteiger partial charge < -0.3 is 9.64 Å². The van der Waals surface area contributed by atoms with Crippen LogP contribution in [0.2, 0.25) is 0 Å². The van der Waals surface area contributed by atoms with E-state index in [4.69, 9.17) is 4.74 Å². The molecule has 0 saturated carbocycles. The van der Waals surface area contributed by atoms with Gasteiger partial charge in [0, 0.05) is 18.4 Å². The van der Waals surface area contributed by atoms with Gasteiger partial charge >= 0.3 is 0 Å². The molecular formula is C17H19FN2O4S2. The predicted molar refractivity (Wildman–Crippen MR) is 97.2 cm³/mol. The van der Waals surface area contributed by atoms with Crippen LogP contribution in [-0.2, 0) is 25.9 Å². The molecule has 0 unspecified atom stereocenters. The summed E-state index contributed by atoms with van der Waals surface area (Å²) in [5.41, 5.74) is 0.842. The Morgan fingerprint density at radius 3 is 2.77 bits per heavy atom. The molecule has 3 heterocycles. The Balaban J connectivity index is 1.59. The number of thioether (sulfide) groups is 1. The third-order valence-corrected chi connectivity index (χ3v) is 8.10. The topological polar surface area (TPSA) is 76.0 Å². The summed E-state index contributed by atoms with van der Waals surface area (Å²) < 4.78 is 42.6. The van der Waals surface area contributed by atoms with E-state index in [2.05, 4.69) is 4.99 Å². The zero-order chi connectivity index (χ0) is 18.3. The molecule has 140 valence electrons. The fraction of sp³-hybridized carbons (Fsp3) is 0.529. The molecule has 1 amide bonds. The molecule has 0 radical (unpaired) electrons. The summed E-state index contributed by atoms with van der Waals surface area (Å²) in [5, 5.41) is 0.413. The number of carbonyl (C=O) groups excluding carboxylic acids is 1. The molecule has 3 fully saturated rings. The number of halogens is 1. The average molecular weight is 398 g/mol. The number of amidine groups is 1. The quantitative estimate of drug-likeness (QED) is 0.770. The molecule has 1 aromatic rings. The predicted octanol–water partition coefficient (Wildman–Crippen LogP) is 1.60. The van der Waals surface area contributed by atoms with E-state index in [0.29, 0.717) is 24.7 Å². The highest BCUT2D eigenvalue weighted by molar-refractivity contribution is 8.15. The van der Waals surface area contributed by atoms with Crippen molar-refractivity contribution in [2.24, 2.45) is 4.99 Å². The number of benzene rings is 1. The van der Waals surface area contributed by atoms with Crippen molar-refractivity contribution in [1.82, 2.24) is 4.90 Å². The Morgan fingerprint density at radius 2 is 2.08 bits per heavy atom. The van der Waals surface area contributed by atoms with Gasteiger partial charge in [-0.15, -0.1) is 0 Å². The third kappa shape index (κ3) is 3.65. The monoisotopic (exact) mass is 398 g/mol. The normalized spacial score (nSPS) is 31.5. The molecule has 0 N–H and O–H groups in total. The van der Waals surface area contributed by atoms with Crippen molar-refractivity contribution in [1.29, 1.82) is 0 Å². The highest BCUT2D eigenvalue weighted by Crippen LogP contribution is 2.39. The lowest BCUT2D eigenvalue weighted by Gasteiger charge is -2.24. The fourth-order valence-corrected chi connectivity index (χ4v) is 7.50. The molecule has 4 rings (SSSR count). The van der Waals surface area contributed by atoms with Crippen LogP contribution in [-0.4, -0.2) is 59.9 Å². The summed E-state index contributed by atoms with van der Waals surface area (Å²) in [7, 11) is -3.09. The van der Waals surface area contributed by atoms with Gasteiger partial charge in [0.2, 0.25) is 0 Å². The van der Waals surface area contributed by atoms with Crippen LogP contribution < -0.4 is 0 Å². The molecule has 3 aliphatic heterocycles. The van der Waals surface area contributed by atoms with E-state index < -0.39 is 15.9 Å². The Kier molecular flexibility index (Phi) is 4.79. The summed E-state index contributed by atoms with van der Waals surface area (Å²) in [4.78, 5) is 18.5. The minimum Gasteiger partial charge on any atom is -0.368 e. The van der Waals surface area contributed by atoms with Crippen LogP contribution in [0.25, 0.3) is 0 Å². The highest BCUT2D eigenvalue weighted by Gasteiger charge is 2.48. The SMILES string of the molecule is O=C(N=C1S[C@@H]2CS(=O)(=O)C[C@H]2N1Cc1ccc(F)cc1)[C@H]1CCCO1. The first-order valence-corrected chi connectivity index (χ1v) is 11.2. The first-order valence-electron chi connectivity index (χ1n) is 8.53. The number of hydrogen-bond acceptors (Lipinski definition) is 5. The van der Waals surface area contributed by atoms with Crippen molar-refractivity contribution in [3.05, 3.63) is 35.6 Å². The maximum Gasteiger partial charge on any atom is 0.277 e. The molecule has 26 heavy (non-hydrogen) atoms. The van der Waals surface area contributed by atoms with Crippen molar-refractivity contribution in [3.63, 3.8) is 0 Å². The number of ether oxygens (including phenoxy) is 1. The molecule has 6 nitrogen and oxygen atoms in total. The zero-order valence-corrected chi connectivity index (χ0v) is 15.6. The smallest absolute Gasteiger partial charge is 0.277 e. The number of hydrogen-bond donors (Lipinski definition) is 0. The first kappa shape index (κ1) is 17.9. The fourth-order valence-electron chi connectivity index (χ4n) is 3.55. The molecule has 9 heteroatoms. The van der Waals surface area contributed by atoms with Gasteiger partial charge in [-0.3, -0.25) is 4.79 Å². The number of fused-ring (bicyclic) bond motifs is 1. The van der Waals surface area contributed by atoms with Gasteiger partial charge in [0.1, 0.15) is 11.9 Å². The van der Waals surface area contributed by atoms with Crippen LogP contribution in [0.1, 0.15) is 18.4 Å². The molecule has 0 aliphatic carbocycles. The minimum atomic E-state index is -3.09. The second kappa shape index (κ2) is 6.94. The van der Waals surface area contributed by atoms with Gasteiger partial charge in [-0.25, -0.2) is 12.8 Å². The molecule has 0 spiro atoms. The second-order valence-electron chi connectivity index (χ2n) is 6.79. The second-order valence-corrected chi connectivity index (χ2v) is 10.1. The largest absolute Gasteiger partial charge is 0.368 e. The molecule has 1 aromatic carbocycles. The van der Waals surface area contributed by atoms with Crippen molar-refractivity contribution < 1.29 is 22.3 Å². The molecule has 3 saturated heterocycles. The van der Waals surface area contributed by atoms with E-state index in [1.54, 1.807) is 12.1 Å². The molecule has 3 aliphatic rings. The van der Waals surface area contributed by atoms with Crippen LogP contribution >= 0.6 is 11.8 Å². The maximum atomic E-state index is 13.2. The van der Waals surface area contributed by atoms with Crippen LogP contribution in [0.4, 0.5) is 4.39 Å². The van der Waals surface area contributed by atoms with Crippen molar-refractivity contribution >= 4 is 32.7 Å². The maximum absolute atomic E-state index is 13.2. The van der Waals surface area contributed by atoms with Crippen molar-refractivity contribution in [2.75, 3.05) is 18.1 Å². The standard InChI is InChI=1S/C17H19FN2O4S2/c18-12-5-3-11(4-6-12)8-20-13-9-26(22,23)10-15(13)25-17(20)19-16(21)14-2-1-7-24-14/h3-6,13-15H,1-2,7-10H2/t13-,14-,15-/m1/s1. The number of aliphatic imine (C=N–C) groups is 1. The van der Waals surface area contributed by atoms with Crippen LogP contribution in [0, 0.1) is 5.82 Å². The van der Waals surface area contributed by atoms with Crippen LogP contribution in [0.5, 0.6) is 0 Å². The van der Waals surface area contributed by atoms with Crippen molar-refractivity contribution in [3.8, 4) is 0 Å². The van der Waals surface area contributed by atoms with E-state index in [9.17, 15) is 17.6 Å².